The molecule has 170 valence electrons. The van der Waals surface area contributed by atoms with Crippen LogP contribution < -0.4 is 24.3 Å². The van der Waals surface area contributed by atoms with Crippen LogP contribution in [0.3, 0.4) is 0 Å². The maximum absolute atomic E-state index is 12.8. The topological polar surface area (TPSA) is 86.3 Å². The molecule has 1 N–H and O–H groups in total. The number of amides is 2. The summed E-state index contributed by atoms with van der Waals surface area (Å²) >= 11 is 6.62. The second-order valence-corrected chi connectivity index (χ2v) is 9.16. The summed E-state index contributed by atoms with van der Waals surface area (Å²) in [7, 11) is 0. The lowest BCUT2D eigenvalue weighted by Crippen LogP contribution is -2.37. The average molecular weight is 485 g/mol. The zero-order chi connectivity index (χ0) is 22.8. The standard InChI is InChI=1S/C23H20N2O6S2/c26-21(6-3-14-1-4-16-18(9-14)30-12-28-16)24-7-8-25-22(27)20(33-23(25)32)11-15-2-5-17-19(10-15)31-13-29-17/h1-2,4-5,9-11H,3,6-8,12-13H2,(H,24,26)/b20-11+. The van der Waals surface area contributed by atoms with E-state index in [2.05, 4.69) is 5.32 Å². The van der Waals surface area contributed by atoms with Crippen molar-refractivity contribution in [3.63, 3.8) is 0 Å². The van der Waals surface area contributed by atoms with Gasteiger partial charge in [-0.05, 0) is 47.9 Å². The predicted octanol–water partition coefficient (Wildman–Crippen LogP) is 3.09. The molecule has 0 bridgehead atoms. The first kappa shape index (κ1) is 21.6. The number of aryl methyl sites for hydroxylation is 1. The summed E-state index contributed by atoms with van der Waals surface area (Å²) in [4.78, 5) is 27.1. The lowest BCUT2D eigenvalue weighted by molar-refractivity contribution is -0.123. The van der Waals surface area contributed by atoms with Gasteiger partial charge in [-0.25, -0.2) is 0 Å². The monoisotopic (exact) mass is 484 g/mol. The van der Waals surface area contributed by atoms with Gasteiger partial charge in [0.25, 0.3) is 5.91 Å². The first-order chi connectivity index (χ1) is 16.1. The van der Waals surface area contributed by atoms with Gasteiger partial charge < -0.3 is 24.3 Å². The number of nitrogens with zero attached hydrogens (tertiary/aromatic N) is 1. The molecule has 3 aliphatic heterocycles. The molecule has 33 heavy (non-hydrogen) atoms. The molecule has 3 aliphatic rings. The molecule has 5 rings (SSSR count). The van der Waals surface area contributed by atoms with E-state index in [9.17, 15) is 9.59 Å². The number of rotatable bonds is 7. The minimum atomic E-state index is -0.169. The van der Waals surface area contributed by atoms with Gasteiger partial charge in [0.1, 0.15) is 4.32 Å². The smallest absolute Gasteiger partial charge is 0.266 e. The number of benzene rings is 2. The molecule has 0 aliphatic carbocycles. The van der Waals surface area contributed by atoms with Crippen LogP contribution in [0.4, 0.5) is 0 Å². The van der Waals surface area contributed by atoms with Gasteiger partial charge in [0, 0.05) is 19.5 Å². The molecule has 0 atom stereocenters. The van der Waals surface area contributed by atoms with Crippen molar-refractivity contribution in [2.45, 2.75) is 12.8 Å². The van der Waals surface area contributed by atoms with Crippen LogP contribution in [0.2, 0.25) is 0 Å². The molecule has 2 aromatic carbocycles. The number of fused-ring (bicyclic) bond motifs is 2. The fourth-order valence-corrected chi connectivity index (χ4v) is 4.91. The molecule has 10 heteroatoms. The van der Waals surface area contributed by atoms with Crippen molar-refractivity contribution in [3.8, 4) is 23.0 Å². The molecular weight excluding hydrogens is 464 g/mol. The van der Waals surface area contributed by atoms with Gasteiger partial charge in [0.2, 0.25) is 19.5 Å². The lowest BCUT2D eigenvalue weighted by atomic mass is 10.1. The van der Waals surface area contributed by atoms with Gasteiger partial charge in [0.05, 0.1) is 4.91 Å². The van der Waals surface area contributed by atoms with Crippen LogP contribution in [0.5, 0.6) is 23.0 Å². The number of ether oxygens (including phenoxy) is 4. The van der Waals surface area contributed by atoms with Crippen molar-refractivity contribution in [1.82, 2.24) is 10.2 Å². The molecule has 0 unspecified atom stereocenters. The van der Waals surface area contributed by atoms with Crippen LogP contribution in [0.15, 0.2) is 41.3 Å². The zero-order valence-corrected chi connectivity index (χ0v) is 19.1. The van der Waals surface area contributed by atoms with Crippen molar-refractivity contribution in [2.75, 3.05) is 26.7 Å². The summed E-state index contributed by atoms with van der Waals surface area (Å²) in [5.74, 6) is 2.51. The average Bonchev–Trinajstić information content (AvgIpc) is 3.53. The van der Waals surface area contributed by atoms with Crippen LogP contribution in [0.1, 0.15) is 17.5 Å². The van der Waals surface area contributed by atoms with Gasteiger partial charge in [0.15, 0.2) is 23.0 Å². The molecule has 2 amide bonds. The lowest BCUT2D eigenvalue weighted by Gasteiger charge is -2.14. The zero-order valence-electron chi connectivity index (χ0n) is 17.5. The first-order valence-electron chi connectivity index (χ1n) is 10.4. The third kappa shape index (κ3) is 4.76. The minimum Gasteiger partial charge on any atom is -0.454 e. The van der Waals surface area contributed by atoms with Gasteiger partial charge in [-0.15, -0.1) is 0 Å². The summed E-state index contributed by atoms with van der Waals surface area (Å²) in [6.45, 7) is 1.06. The Kier molecular flexibility index (Phi) is 6.10. The van der Waals surface area contributed by atoms with Gasteiger partial charge >= 0.3 is 0 Å². The van der Waals surface area contributed by atoms with Crippen LogP contribution in [0, 0.1) is 0 Å². The molecule has 1 saturated heterocycles. The number of nitrogens with one attached hydrogen (secondary N) is 1. The van der Waals surface area contributed by atoms with E-state index in [0.29, 0.717) is 52.4 Å². The molecule has 0 saturated carbocycles. The normalized spacial score (nSPS) is 17.2. The second kappa shape index (κ2) is 9.32. The van der Waals surface area contributed by atoms with Crippen LogP contribution in [0.25, 0.3) is 6.08 Å². The highest BCUT2D eigenvalue weighted by atomic mass is 32.2. The predicted molar refractivity (Wildman–Crippen MR) is 126 cm³/mol. The minimum absolute atomic E-state index is 0.0889. The number of thiocarbonyl (C=S) groups is 1. The molecule has 2 aromatic rings. The number of hydrogen-bond acceptors (Lipinski definition) is 8. The van der Waals surface area contributed by atoms with Gasteiger partial charge in [-0.3, -0.25) is 14.5 Å². The second-order valence-electron chi connectivity index (χ2n) is 7.48. The van der Waals surface area contributed by atoms with E-state index in [0.717, 1.165) is 16.9 Å². The quantitative estimate of drug-likeness (QED) is 0.474. The Hall–Kier alpha value is -3.24. The molecule has 0 spiro atoms. The Morgan fingerprint density at radius 1 is 1.03 bits per heavy atom. The van der Waals surface area contributed by atoms with Gasteiger partial charge in [-0.1, -0.05) is 36.1 Å². The van der Waals surface area contributed by atoms with Crippen LogP contribution in [-0.4, -0.2) is 47.7 Å². The molecule has 0 radical (unpaired) electrons. The van der Waals surface area contributed by atoms with Crippen LogP contribution >= 0.6 is 24.0 Å². The van der Waals surface area contributed by atoms with E-state index < -0.39 is 0 Å². The molecule has 8 nitrogen and oxygen atoms in total. The van der Waals surface area contributed by atoms with Gasteiger partial charge in [-0.2, -0.15) is 0 Å². The number of carbonyl (C=O) groups is 2. The third-order valence-electron chi connectivity index (χ3n) is 5.30. The first-order valence-corrected chi connectivity index (χ1v) is 11.6. The fourth-order valence-electron chi connectivity index (χ4n) is 3.60. The Morgan fingerprint density at radius 3 is 2.52 bits per heavy atom. The summed E-state index contributed by atoms with van der Waals surface area (Å²) in [6.07, 6.45) is 2.70. The number of thioether (sulfide) groups is 1. The molecule has 3 heterocycles. The number of hydrogen-bond donors (Lipinski definition) is 1. The SMILES string of the molecule is O=C(CCc1ccc2c(c1)OCO2)NCCN1C(=O)/C(=C\c2ccc3c(c2)OCO3)SC1=S. The Bertz CT molecular complexity index is 1170. The summed E-state index contributed by atoms with van der Waals surface area (Å²) < 4.78 is 21.8. The third-order valence-corrected chi connectivity index (χ3v) is 6.68. The Labute approximate surface area is 199 Å². The summed E-state index contributed by atoms with van der Waals surface area (Å²) in [6, 6.07) is 11.2. The number of carbonyl (C=O) groups excluding carboxylic acids is 2. The van der Waals surface area contributed by atoms with E-state index in [1.54, 1.807) is 6.08 Å². The molecule has 0 aromatic heterocycles. The van der Waals surface area contributed by atoms with Crippen molar-refractivity contribution in [3.05, 3.63) is 52.4 Å². The van der Waals surface area contributed by atoms with Crippen molar-refractivity contribution >= 4 is 46.2 Å². The molecule has 1 fully saturated rings. The van der Waals surface area contributed by atoms with E-state index in [1.165, 1.54) is 16.7 Å². The molecular formula is C23H20N2O6S2. The maximum Gasteiger partial charge on any atom is 0.266 e. The van der Waals surface area contributed by atoms with Crippen molar-refractivity contribution in [2.24, 2.45) is 0 Å². The fraction of sp³-hybridized carbons (Fsp3) is 0.261. The van der Waals surface area contributed by atoms with Crippen molar-refractivity contribution in [1.29, 1.82) is 0 Å². The van der Waals surface area contributed by atoms with E-state index >= 15 is 0 Å². The largest absolute Gasteiger partial charge is 0.454 e. The van der Waals surface area contributed by atoms with E-state index in [4.69, 9.17) is 31.2 Å². The Balaban J connectivity index is 1.10. The highest BCUT2D eigenvalue weighted by Crippen LogP contribution is 2.36. The van der Waals surface area contributed by atoms with E-state index in [-0.39, 0.29) is 25.4 Å². The Morgan fingerprint density at radius 2 is 1.73 bits per heavy atom. The highest BCUT2D eigenvalue weighted by molar-refractivity contribution is 8.26. The maximum atomic E-state index is 12.8. The summed E-state index contributed by atoms with van der Waals surface area (Å²) in [5, 5.41) is 2.86. The van der Waals surface area contributed by atoms with Crippen molar-refractivity contribution < 1.29 is 28.5 Å². The summed E-state index contributed by atoms with van der Waals surface area (Å²) in [5.41, 5.74) is 1.83. The highest BCUT2D eigenvalue weighted by Gasteiger charge is 2.31. The van der Waals surface area contributed by atoms with Crippen LogP contribution in [-0.2, 0) is 16.0 Å². The van der Waals surface area contributed by atoms with E-state index in [1.807, 2.05) is 36.4 Å².